The van der Waals surface area contributed by atoms with Gasteiger partial charge < -0.3 is 15.3 Å². The highest BCUT2D eigenvalue weighted by molar-refractivity contribution is 9.10. The van der Waals surface area contributed by atoms with E-state index in [1.165, 1.54) is 6.07 Å². The van der Waals surface area contributed by atoms with Crippen LogP contribution in [0.3, 0.4) is 0 Å². The van der Waals surface area contributed by atoms with Gasteiger partial charge in [0.05, 0.1) is 9.89 Å². The van der Waals surface area contributed by atoms with Crippen molar-refractivity contribution in [1.29, 1.82) is 0 Å². The molecule has 5 heteroatoms. The molecule has 3 N–H and O–H groups in total. The van der Waals surface area contributed by atoms with E-state index in [-0.39, 0.29) is 17.9 Å². The third-order valence-corrected chi connectivity index (χ3v) is 3.60. The molecule has 1 aromatic carbocycles. The molecule has 1 rings (SSSR count). The molecule has 0 bridgehead atoms. The average molecular weight is 303 g/mol. The summed E-state index contributed by atoms with van der Waals surface area (Å²) in [6.07, 6.45) is 0.266. The number of rotatable bonds is 3. The first-order valence-electron chi connectivity index (χ1n) is 5.10. The number of halogens is 1. The van der Waals surface area contributed by atoms with Crippen molar-refractivity contribution in [3.05, 3.63) is 21.7 Å². The third-order valence-electron chi connectivity index (χ3n) is 2.74. The maximum absolute atomic E-state index is 11.1. The summed E-state index contributed by atoms with van der Waals surface area (Å²) in [4.78, 5) is 11.1. The predicted molar refractivity (Wildman–Crippen MR) is 67.3 cm³/mol. The number of aromatic hydroxyl groups is 2. The van der Waals surface area contributed by atoms with Gasteiger partial charge in [0.15, 0.2) is 11.5 Å². The Bertz CT molecular complexity index is 466. The van der Waals surface area contributed by atoms with Crippen LogP contribution in [0.25, 0.3) is 0 Å². The van der Waals surface area contributed by atoms with Gasteiger partial charge in [0, 0.05) is 0 Å². The molecule has 0 amide bonds. The van der Waals surface area contributed by atoms with Crippen molar-refractivity contribution in [3.8, 4) is 11.5 Å². The van der Waals surface area contributed by atoms with Gasteiger partial charge in [0.2, 0.25) is 0 Å². The van der Waals surface area contributed by atoms with Crippen molar-refractivity contribution in [2.75, 3.05) is 0 Å². The van der Waals surface area contributed by atoms with Gasteiger partial charge >= 0.3 is 5.97 Å². The number of phenols is 2. The van der Waals surface area contributed by atoms with E-state index in [0.29, 0.717) is 10.0 Å². The number of phenolic OH excluding ortho intramolecular Hbond substituents is 2. The van der Waals surface area contributed by atoms with Gasteiger partial charge in [0.1, 0.15) is 0 Å². The van der Waals surface area contributed by atoms with Crippen LogP contribution in [0.2, 0.25) is 0 Å². The number of hydrogen-bond acceptors (Lipinski definition) is 3. The third kappa shape index (κ3) is 2.72. The van der Waals surface area contributed by atoms with Crippen LogP contribution < -0.4 is 0 Å². The van der Waals surface area contributed by atoms with Crippen LogP contribution in [0, 0.1) is 12.3 Å². The number of hydrogen-bond donors (Lipinski definition) is 3. The molecule has 0 unspecified atom stereocenters. The molecule has 17 heavy (non-hydrogen) atoms. The lowest BCUT2D eigenvalue weighted by molar-refractivity contribution is -0.146. The maximum atomic E-state index is 11.1. The van der Waals surface area contributed by atoms with E-state index in [1.807, 2.05) is 0 Å². The lowest BCUT2D eigenvalue weighted by atomic mass is 9.84. The largest absolute Gasteiger partial charge is 0.504 e. The summed E-state index contributed by atoms with van der Waals surface area (Å²) < 4.78 is 0.351. The molecular formula is C12H15BrO4. The second-order valence-electron chi connectivity index (χ2n) is 4.72. The lowest BCUT2D eigenvalue weighted by Gasteiger charge is -2.21. The van der Waals surface area contributed by atoms with E-state index in [9.17, 15) is 15.0 Å². The molecule has 94 valence electrons. The van der Waals surface area contributed by atoms with E-state index in [0.717, 1.165) is 5.56 Å². The maximum Gasteiger partial charge on any atom is 0.309 e. The van der Waals surface area contributed by atoms with Gasteiger partial charge in [-0.15, -0.1) is 0 Å². The molecule has 0 aliphatic carbocycles. The van der Waals surface area contributed by atoms with Gasteiger partial charge in [-0.25, -0.2) is 0 Å². The van der Waals surface area contributed by atoms with Crippen LogP contribution in [0.1, 0.15) is 25.0 Å². The minimum Gasteiger partial charge on any atom is -0.504 e. The molecule has 0 aromatic heterocycles. The summed E-state index contributed by atoms with van der Waals surface area (Å²) in [5.41, 5.74) is 0.491. The zero-order valence-electron chi connectivity index (χ0n) is 9.91. The molecule has 0 saturated carbocycles. The van der Waals surface area contributed by atoms with Crippen LogP contribution in [0.15, 0.2) is 10.5 Å². The second-order valence-corrected chi connectivity index (χ2v) is 5.51. The monoisotopic (exact) mass is 302 g/mol. The van der Waals surface area contributed by atoms with E-state index in [4.69, 9.17) is 5.11 Å². The highest BCUT2D eigenvalue weighted by Crippen LogP contribution is 2.40. The van der Waals surface area contributed by atoms with Crippen molar-refractivity contribution in [3.63, 3.8) is 0 Å². The fourth-order valence-corrected chi connectivity index (χ4v) is 2.18. The molecule has 0 spiro atoms. The first-order chi connectivity index (χ1) is 7.66. The van der Waals surface area contributed by atoms with Gasteiger partial charge in [-0.3, -0.25) is 4.79 Å². The minimum atomic E-state index is -0.934. The number of carbonyl (C=O) groups is 1. The van der Waals surface area contributed by atoms with Crippen molar-refractivity contribution < 1.29 is 20.1 Å². The van der Waals surface area contributed by atoms with Gasteiger partial charge in [-0.05, 0) is 60.3 Å². The Balaban J connectivity index is 3.25. The Morgan fingerprint density at radius 1 is 1.41 bits per heavy atom. The van der Waals surface area contributed by atoms with Crippen LogP contribution in [0.4, 0.5) is 0 Å². The Kier molecular flexibility index (Phi) is 3.71. The summed E-state index contributed by atoms with van der Waals surface area (Å²) >= 11 is 3.18. The van der Waals surface area contributed by atoms with Crippen LogP contribution in [-0.2, 0) is 11.2 Å². The number of aliphatic carboxylic acids is 1. The van der Waals surface area contributed by atoms with Crippen LogP contribution in [-0.4, -0.2) is 21.3 Å². The standard InChI is InChI=1S/C12H15BrO4/c1-6-4-8(14)10(15)9(13)7(6)5-12(2,3)11(16)17/h4,14-15H,5H2,1-3H3,(H,16,17). The van der Waals surface area contributed by atoms with Crippen LogP contribution in [0.5, 0.6) is 11.5 Å². The number of carboxylic acid groups (broad SMARTS) is 1. The zero-order chi connectivity index (χ0) is 13.4. The molecule has 0 saturated heterocycles. The smallest absolute Gasteiger partial charge is 0.309 e. The number of aryl methyl sites for hydroxylation is 1. The van der Waals surface area contributed by atoms with E-state index < -0.39 is 11.4 Å². The SMILES string of the molecule is Cc1cc(O)c(O)c(Br)c1CC(C)(C)C(=O)O. The molecule has 0 atom stereocenters. The summed E-state index contributed by atoms with van der Waals surface area (Å²) in [6, 6.07) is 1.42. The number of carboxylic acids is 1. The van der Waals surface area contributed by atoms with Crippen LogP contribution >= 0.6 is 15.9 Å². The second kappa shape index (κ2) is 4.56. The fraction of sp³-hybridized carbons (Fsp3) is 0.417. The normalized spacial score (nSPS) is 11.5. The Hall–Kier alpha value is -1.23. The van der Waals surface area contributed by atoms with Gasteiger partial charge in [-0.1, -0.05) is 0 Å². The summed E-state index contributed by atoms with van der Waals surface area (Å²) in [5, 5.41) is 28.1. The predicted octanol–water partition coefficient (Wildman–Crippen LogP) is 2.82. The molecule has 0 aliphatic rings. The summed E-state index contributed by atoms with van der Waals surface area (Å²) in [7, 11) is 0. The first-order valence-corrected chi connectivity index (χ1v) is 5.89. The van der Waals surface area contributed by atoms with Gasteiger partial charge in [-0.2, -0.15) is 0 Å². The van der Waals surface area contributed by atoms with E-state index in [1.54, 1.807) is 20.8 Å². The van der Waals surface area contributed by atoms with Crippen molar-refractivity contribution in [2.24, 2.45) is 5.41 Å². The van der Waals surface area contributed by atoms with Crippen molar-refractivity contribution >= 4 is 21.9 Å². The Morgan fingerprint density at radius 2 is 1.94 bits per heavy atom. The minimum absolute atomic E-state index is 0.216. The van der Waals surface area contributed by atoms with E-state index >= 15 is 0 Å². The molecule has 1 aromatic rings. The molecule has 0 aliphatic heterocycles. The summed E-state index contributed by atoms with van der Waals surface area (Å²) in [5.74, 6) is -1.38. The van der Waals surface area contributed by atoms with Crippen molar-refractivity contribution in [1.82, 2.24) is 0 Å². The molecule has 4 nitrogen and oxygen atoms in total. The Labute approximate surface area is 108 Å². The van der Waals surface area contributed by atoms with Crippen molar-refractivity contribution in [2.45, 2.75) is 27.2 Å². The fourth-order valence-electron chi connectivity index (χ4n) is 1.52. The first kappa shape index (κ1) is 13.8. The lowest BCUT2D eigenvalue weighted by Crippen LogP contribution is -2.26. The highest BCUT2D eigenvalue weighted by Gasteiger charge is 2.29. The molecule has 0 fully saturated rings. The quantitative estimate of drug-likeness (QED) is 0.750. The number of benzene rings is 1. The molecule has 0 heterocycles. The Morgan fingerprint density at radius 3 is 2.41 bits per heavy atom. The average Bonchev–Trinajstić information content (AvgIpc) is 2.21. The highest BCUT2D eigenvalue weighted by atomic mass is 79.9. The van der Waals surface area contributed by atoms with Gasteiger partial charge in [0.25, 0.3) is 0 Å². The van der Waals surface area contributed by atoms with E-state index in [2.05, 4.69) is 15.9 Å². The summed E-state index contributed by atoms with van der Waals surface area (Å²) in [6.45, 7) is 4.99. The molecular weight excluding hydrogens is 288 g/mol. The topological polar surface area (TPSA) is 77.8 Å². The molecule has 0 radical (unpaired) electrons. The zero-order valence-corrected chi connectivity index (χ0v) is 11.5.